The number of methoxy groups -OCH3 is 1. The van der Waals surface area contributed by atoms with Gasteiger partial charge in [-0.25, -0.2) is 8.42 Å². The summed E-state index contributed by atoms with van der Waals surface area (Å²) in [6, 6.07) is 3.40. The number of piperidine rings is 1. The standard InChI is InChI=1S/C25H42N4O5S/c1-21-17-23(33-4)18-22(2)25(21)35(31,32)26(3)20-34-19-24(30)29-15-13-28(14-16-29)12-8-11-27-9-6-5-7-10-27/h17-18H,5-16,19-20H2,1-4H3. The van der Waals surface area contributed by atoms with Gasteiger partial charge in [-0.1, -0.05) is 6.42 Å². The molecule has 10 heteroatoms. The van der Waals surface area contributed by atoms with Gasteiger partial charge in [-0.05, 0) is 82.5 Å². The van der Waals surface area contributed by atoms with Gasteiger partial charge in [-0.3, -0.25) is 9.69 Å². The number of likely N-dealkylation sites (tertiary alicyclic amines) is 1. The summed E-state index contributed by atoms with van der Waals surface area (Å²) in [7, 11) is -0.740. The number of piperazine rings is 1. The summed E-state index contributed by atoms with van der Waals surface area (Å²) >= 11 is 0. The topological polar surface area (TPSA) is 82.6 Å². The average molecular weight is 511 g/mol. The SMILES string of the molecule is COc1cc(C)c(S(=O)(=O)N(C)COCC(=O)N2CCN(CCCN3CCCCC3)CC2)c(C)c1. The lowest BCUT2D eigenvalue weighted by Crippen LogP contribution is -2.50. The van der Waals surface area contributed by atoms with Gasteiger partial charge in [0.1, 0.15) is 19.1 Å². The average Bonchev–Trinajstić information content (AvgIpc) is 2.84. The molecule has 2 fully saturated rings. The third-order valence-corrected chi connectivity index (χ3v) is 9.04. The Labute approximate surface area is 211 Å². The second-order valence-electron chi connectivity index (χ2n) is 9.65. The molecule has 0 radical (unpaired) electrons. The van der Waals surface area contributed by atoms with Crippen molar-refractivity contribution in [3.8, 4) is 5.75 Å². The van der Waals surface area contributed by atoms with E-state index in [1.54, 1.807) is 33.1 Å². The maximum atomic E-state index is 13.1. The summed E-state index contributed by atoms with van der Waals surface area (Å²) < 4.78 is 38.0. The van der Waals surface area contributed by atoms with Crippen LogP contribution < -0.4 is 4.74 Å². The van der Waals surface area contributed by atoms with Crippen molar-refractivity contribution < 1.29 is 22.7 Å². The van der Waals surface area contributed by atoms with E-state index in [4.69, 9.17) is 9.47 Å². The molecule has 1 aromatic rings. The highest BCUT2D eigenvalue weighted by Crippen LogP contribution is 2.27. The van der Waals surface area contributed by atoms with Crippen LogP contribution in [0.25, 0.3) is 0 Å². The normalized spacial score (nSPS) is 18.3. The van der Waals surface area contributed by atoms with Crippen LogP contribution in [-0.2, 0) is 19.6 Å². The highest BCUT2D eigenvalue weighted by atomic mass is 32.2. The Balaban J connectivity index is 1.38. The van der Waals surface area contributed by atoms with E-state index in [1.807, 2.05) is 4.90 Å². The molecular weight excluding hydrogens is 468 g/mol. The number of hydrogen-bond acceptors (Lipinski definition) is 7. The number of nitrogens with zero attached hydrogens (tertiary/aromatic N) is 4. The van der Waals surface area contributed by atoms with E-state index in [0.29, 0.717) is 30.0 Å². The van der Waals surface area contributed by atoms with E-state index in [1.165, 1.54) is 52.4 Å². The smallest absolute Gasteiger partial charge is 0.248 e. The number of sulfonamides is 1. The third-order valence-electron chi connectivity index (χ3n) is 6.96. The molecule has 1 amide bonds. The molecule has 2 heterocycles. The van der Waals surface area contributed by atoms with E-state index in [9.17, 15) is 13.2 Å². The van der Waals surface area contributed by atoms with Crippen molar-refractivity contribution in [3.63, 3.8) is 0 Å². The number of carbonyl (C=O) groups excluding carboxylic acids is 1. The molecule has 2 saturated heterocycles. The molecule has 0 saturated carbocycles. The molecule has 0 unspecified atom stereocenters. The van der Waals surface area contributed by atoms with Crippen molar-refractivity contribution in [2.24, 2.45) is 0 Å². The van der Waals surface area contributed by atoms with Gasteiger partial charge in [-0.2, -0.15) is 4.31 Å². The van der Waals surface area contributed by atoms with Gasteiger partial charge < -0.3 is 19.3 Å². The fourth-order valence-corrected chi connectivity index (χ4v) is 6.39. The highest BCUT2D eigenvalue weighted by Gasteiger charge is 2.26. The largest absolute Gasteiger partial charge is 0.497 e. The van der Waals surface area contributed by atoms with E-state index < -0.39 is 10.0 Å². The van der Waals surface area contributed by atoms with E-state index in [-0.39, 0.29) is 24.1 Å². The molecule has 2 aliphatic rings. The van der Waals surface area contributed by atoms with Crippen molar-refractivity contribution in [2.45, 2.75) is 44.4 Å². The van der Waals surface area contributed by atoms with Gasteiger partial charge >= 0.3 is 0 Å². The van der Waals surface area contributed by atoms with Crippen LogP contribution >= 0.6 is 0 Å². The van der Waals surface area contributed by atoms with Gasteiger partial charge in [-0.15, -0.1) is 0 Å². The van der Waals surface area contributed by atoms with Crippen LogP contribution in [0.3, 0.4) is 0 Å². The molecular formula is C25H42N4O5S. The summed E-state index contributed by atoms with van der Waals surface area (Å²) in [5.74, 6) is 0.520. The summed E-state index contributed by atoms with van der Waals surface area (Å²) in [6.45, 7) is 11.0. The Morgan fingerprint density at radius 1 is 0.943 bits per heavy atom. The number of carbonyl (C=O) groups is 1. The van der Waals surface area contributed by atoms with E-state index in [0.717, 1.165) is 23.9 Å². The maximum Gasteiger partial charge on any atom is 0.248 e. The van der Waals surface area contributed by atoms with Gasteiger partial charge in [0.05, 0.1) is 12.0 Å². The second-order valence-corrected chi connectivity index (χ2v) is 11.6. The van der Waals surface area contributed by atoms with Gasteiger partial charge in [0.25, 0.3) is 0 Å². The minimum Gasteiger partial charge on any atom is -0.497 e. The summed E-state index contributed by atoms with van der Waals surface area (Å²) in [6.07, 6.45) is 5.19. The Morgan fingerprint density at radius 2 is 1.51 bits per heavy atom. The molecule has 35 heavy (non-hydrogen) atoms. The Morgan fingerprint density at radius 3 is 2.09 bits per heavy atom. The van der Waals surface area contributed by atoms with Crippen LogP contribution in [0.1, 0.15) is 36.8 Å². The first-order valence-electron chi connectivity index (χ1n) is 12.6. The third kappa shape index (κ3) is 7.63. The summed E-state index contributed by atoms with van der Waals surface area (Å²) in [5, 5.41) is 0. The molecule has 0 aliphatic carbocycles. The van der Waals surface area contributed by atoms with Crippen molar-refractivity contribution >= 4 is 15.9 Å². The minimum absolute atomic E-state index is 0.0967. The van der Waals surface area contributed by atoms with Crippen LogP contribution in [0.4, 0.5) is 0 Å². The number of ether oxygens (including phenoxy) is 2. The van der Waals surface area contributed by atoms with Crippen LogP contribution in [0.2, 0.25) is 0 Å². The van der Waals surface area contributed by atoms with Gasteiger partial charge in [0.2, 0.25) is 15.9 Å². The molecule has 0 aromatic heterocycles. The lowest BCUT2D eigenvalue weighted by atomic mass is 10.1. The molecule has 198 valence electrons. The monoisotopic (exact) mass is 510 g/mol. The zero-order chi connectivity index (χ0) is 25.4. The fourth-order valence-electron chi connectivity index (χ4n) is 4.94. The van der Waals surface area contributed by atoms with Crippen molar-refractivity contribution in [3.05, 3.63) is 23.3 Å². The highest BCUT2D eigenvalue weighted by molar-refractivity contribution is 7.89. The minimum atomic E-state index is -3.75. The molecule has 3 rings (SSSR count). The van der Waals surface area contributed by atoms with E-state index in [2.05, 4.69) is 9.80 Å². The van der Waals surface area contributed by atoms with Crippen LogP contribution in [0, 0.1) is 13.8 Å². The van der Waals surface area contributed by atoms with Crippen LogP contribution in [0.15, 0.2) is 17.0 Å². The number of benzene rings is 1. The Bertz CT molecular complexity index is 918. The summed E-state index contributed by atoms with van der Waals surface area (Å²) in [4.78, 5) is 19.6. The Hall–Kier alpha value is -1.72. The zero-order valence-electron chi connectivity index (χ0n) is 21.8. The first-order chi connectivity index (χ1) is 16.7. The quantitative estimate of drug-likeness (QED) is 0.421. The number of hydrogen-bond donors (Lipinski definition) is 0. The second kappa shape index (κ2) is 13.0. The molecule has 0 bridgehead atoms. The predicted molar refractivity (Wildman–Crippen MR) is 136 cm³/mol. The fraction of sp³-hybridized carbons (Fsp3) is 0.720. The first kappa shape index (κ1) is 27.9. The van der Waals surface area contributed by atoms with Crippen LogP contribution in [0.5, 0.6) is 5.75 Å². The number of amides is 1. The van der Waals surface area contributed by atoms with Gasteiger partial charge in [0, 0.05) is 33.2 Å². The maximum absolute atomic E-state index is 13.1. The first-order valence-corrected chi connectivity index (χ1v) is 14.1. The lowest BCUT2D eigenvalue weighted by molar-refractivity contribution is -0.138. The lowest BCUT2D eigenvalue weighted by Gasteiger charge is -2.35. The number of rotatable bonds is 11. The molecule has 0 atom stereocenters. The van der Waals surface area contributed by atoms with Crippen molar-refractivity contribution in [2.75, 3.05) is 79.9 Å². The van der Waals surface area contributed by atoms with E-state index >= 15 is 0 Å². The molecule has 1 aromatic carbocycles. The zero-order valence-corrected chi connectivity index (χ0v) is 22.6. The molecule has 2 aliphatic heterocycles. The predicted octanol–water partition coefficient (Wildman–Crippen LogP) is 1.93. The van der Waals surface area contributed by atoms with Crippen LogP contribution in [-0.4, -0.2) is 113 Å². The van der Waals surface area contributed by atoms with Gasteiger partial charge in [0.15, 0.2) is 0 Å². The summed E-state index contributed by atoms with van der Waals surface area (Å²) in [5.41, 5.74) is 1.22. The molecule has 9 nitrogen and oxygen atoms in total. The molecule has 0 spiro atoms. The van der Waals surface area contributed by atoms with Crippen molar-refractivity contribution in [1.29, 1.82) is 0 Å². The number of aryl methyl sites for hydroxylation is 2. The Kier molecular flexibility index (Phi) is 10.4. The molecule has 0 N–H and O–H groups in total. The van der Waals surface area contributed by atoms with Crippen molar-refractivity contribution in [1.82, 2.24) is 19.0 Å².